The van der Waals surface area contributed by atoms with Crippen LogP contribution in [0.5, 0.6) is 0 Å². The predicted octanol–water partition coefficient (Wildman–Crippen LogP) is 3.93. The first-order chi connectivity index (χ1) is 13.6. The minimum atomic E-state index is -0.904. The van der Waals surface area contributed by atoms with Gasteiger partial charge in [0.15, 0.2) is 0 Å². The van der Waals surface area contributed by atoms with Crippen molar-refractivity contribution in [1.29, 1.82) is 0 Å². The summed E-state index contributed by atoms with van der Waals surface area (Å²) in [5.74, 6) is 0.352. The topological polar surface area (TPSA) is 60.9 Å². The van der Waals surface area contributed by atoms with Crippen molar-refractivity contribution in [2.75, 3.05) is 5.01 Å². The summed E-state index contributed by atoms with van der Waals surface area (Å²) in [5, 5.41) is 13.8. The van der Waals surface area contributed by atoms with E-state index in [2.05, 4.69) is 20.4 Å². The molecule has 2 aliphatic carbocycles. The number of rotatable bonds is 5. The van der Waals surface area contributed by atoms with Gasteiger partial charge in [-0.2, -0.15) is 0 Å². The van der Waals surface area contributed by atoms with Crippen molar-refractivity contribution in [3.05, 3.63) is 42.5 Å². The Kier molecular flexibility index (Phi) is 4.65. The standard InChI is InChI=1S/C24H32N2O3/c1-15(2)13-19(27)16(3)21(28)26-20-14-17-11-12-24(20,23(17,4)5)22(29)25(26)18-9-7-6-8-10-18/h6-10,15,17,19-20,27H,3,11-14H2,1-2,4-5H3/t17-,19-,20-,24+/m1/s1. The molecule has 2 saturated carbocycles. The zero-order chi connectivity index (χ0) is 21.1. The van der Waals surface area contributed by atoms with E-state index >= 15 is 0 Å². The van der Waals surface area contributed by atoms with E-state index in [4.69, 9.17) is 0 Å². The molecule has 0 aromatic heterocycles. The van der Waals surface area contributed by atoms with Crippen molar-refractivity contribution >= 4 is 17.5 Å². The lowest BCUT2D eigenvalue weighted by atomic mass is 9.67. The first-order valence-corrected chi connectivity index (χ1v) is 10.7. The number of aliphatic hydroxyl groups is 1. The molecule has 156 valence electrons. The van der Waals surface area contributed by atoms with Gasteiger partial charge in [-0.3, -0.25) is 9.59 Å². The molecule has 1 N–H and O–H groups in total. The van der Waals surface area contributed by atoms with Crippen LogP contribution in [0.25, 0.3) is 0 Å². The second-order valence-corrected chi connectivity index (χ2v) is 9.95. The quantitative estimate of drug-likeness (QED) is 0.767. The molecule has 2 bridgehead atoms. The number of carbonyl (C=O) groups is 2. The van der Waals surface area contributed by atoms with Crippen molar-refractivity contribution in [2.24, 2.45) is 22.7 Å². The predicted molar refractivity (Wildman–Crippen MR) is 113 cm³/mol. The summed E-state index contributed by atoms with van der Waals surface area (Å²) in [6.07, 6.45) is 2.22. The van der Waals surface area contributed by atoms with Crippen LogP contribution >= 0.6 is 0 Å². The second-order valence-electron chi connectivity index (χ2n) is 9.95. The first-order valence-electron chi connectivity index (χ1n) is 10.7. The summed E-state index contributed by atoms with van der Waals surface area (Å²) in [7, 11) is 0. The number of hydrazine groups is 1. The zero-order valence-electron chi connectivity index (χ0n) is 17.9. The minimum Gasteiger partial charge on any atom is -0.388 e. The Balaban J connectivity index is 1.77. The summed E-state index contributed by atoms with van der Waals surface area (Å²) in [6.45, 7) is 12.3. The largest absolute Gasteiger partial charge is 0.388 e. The van der Waals surface area contributed by atoms with E-state index < -0.39 is 11.5 Å². The van der Waals surface area contributed by atoms with E-state index in [1.807, 2.05) is 44.2 Å². The van der Waals surface area contributed by atoms with Crippen LogP contribution in [0.4, 0.5) is 5.69 Å². The number of carbonyl (C=O) groups excluding carboxylic acids is 2. The van der Waals surface area contributed by atoms with E-state index in [-0.39, 0.29) is 34.8 Å². The van der Waals surface area contributed by atoms with Gasteiger partial charge in [0, 0.05) is 5.57 Å². The van der Waals surface area contributed by atoms with E-state index in [1.165, 1.54) is 0 Å². The lowest BCUT2D eigenvalue weighted by Gasteiger charge is -2.35. The summed E-state index contributed by atoms with van der Waals surface area (Å²) < 4.78 is 0. The van der Waals surface area contributed by atoms with Gasteiger partial charge in [0.1, 0.15) is 0 Å². The highest BCUT2D eigenvalue weighted by molar-refractivity contribution is 6.08. The first kappa shape index (κ1) is 20.1. The molecule has 4 atom stereocenters. The molecule has 0 radical (unpaired) electrons. The number of nitrogens with zero attached hydrogens (tertiary/aromatic N) is 2. The molecule has 1 aromatic carbocycles. The molecule has 1 aliphatic heterocycles. The smallest absolute Gasteiger partial charge is 0.271 e. The zero-order valence-corrected chi connectivity index (χ0v) is 17.9. The van der Waals surface area contributed by atoms with E-state index in [1.54, 1.807) is 10.0 Å². The Morgan fingerprint density at radius 2 is 1.93 bits per heavy atom. The highest BCUT2D eigenvalue weighted by atomic mass is 16.3. The van der Waals surface area contributed by atoms with Crippen LogP contribution in [-0.2, 0) is 9.59 Å². The average molecular weight is 397 g/mol. The fraction of sp³-hybridized carbons (Fsp3) is 0.583. The van der Waals surface area contributed by atoms with Gasteiger partial charge >= 0.3 is 0 Å². The molecule has 5 heteroatoms. The third-order valence-corrected chi connectivity index (χ3v) is 7.80. The molecule has 0 unspecified atom stereocenters. The molecule has 1 saturated heterocycles. The van der Waals surface area contributed by atoms with E-state index in [0.29, 0.717) is 18.0 Å². The SMILES string of the molecule is C=C(C(=O)N1[C@@H]2C[C@H]3CC[C@]2(C(=O)N1c1ccccc1)C3(C)C)[C@H](O)CC(C)C. The molecular weight excluding hydrogens is 364 g/mol. The fourth-order valence-electron chi connectivity index (χ4n) is 6.11. The Morgan fingerprint density at radius 3 is 2.52 bits per heavy atom. The summed E-state index contributed by atoms with van der Waals surface area (Å²) in [6, 6.07) is 9.20. The summed E-state index contributed by atoms with van der Waals surface area (Å²) in [4.78, 5) is 27.5. The van der Waals surface area contributed by atoms with Crippen LogP contribution in [0.2, 0.25) is 0 Å². The van der Waals surface area contributed by atoms with Crippen molar-refractivity contribution in [3.63, 3.8) is 0 Å². The summed E-state index contributed by atoms with van der Waals surface area (Å²) in [5.41, 5.74) is 0.145. The van der Waals surface area contributed by atoms with E-state index in [9.17, 15) is 14.7 Å². The van der Waals surface area contributed by atoms with Crippen molar-refractivity contribution in [2.45, 2.75) is 65.5 Å². The number of fused-ring (bicyclic) bond motifs is 1. The molecule has 3 aliphatic rings. The van der Waals surface area contributed by atoms with Crippen LogP contribution < -0.4 is 5.01 Å². The number of amides is 2. The van der Waals surface area contributed by atoms with E-state index in [0.717, 1.165) is 19.3 Å². The number of aliphatic hydroxyl groups excluding tert-OH is 1. The number of hydrogen-bond donors (Lipinski definition) is 1. The van der Waals surface area contributed by atoms with Gasteiger partial charge < -0.3 is 5.11 Å². The minimum absolute atomic E-state index is 0.0122. The lowest BCUT2D eigenvalue weighted by molar-refractivity contribution is -0.132. The van der Waals surface area contributed by atoms with Crippen molar-refractivity contribution < 1.29 is 14.7 Å². The van der Waals surface area contributed by atoms with Crippen LogP contribution in [-0.4, -0.2) is 34.1 Å². The summed E-state index contributed by atoms with van der Waals surface area (Å²) >= 11 is 0. The number of para-hydroxylation sites is 1. The molecule has 2 amide bonds. The molecular formula is C24H32N2O3. The third kappa shape index (κ3) is 2.63. The van der Waals surface area contributed by atoms with Crippen LogP contribution in [0, 0.1) is 22.7 Å². The number of benzene rings is 1. The van der Waals surface area contributed by atoms with Gasteiger partial charge in [-0.1, -0.05) is 52.5 Å². The van der Waals surface area contributed by atoms with Crippen LogP contribution in [0.15, 0.2) is 42.5 Å². The van der Waals surface area contributed by atoms with Gasteiger partial charge in [0.05, 0.1) is 23.2 Å². The molecule has 3 fully saturated rings. The average Bonchev–Trinajstić information content (AvgIpc) is 3.19. The van der Waals surface area contributed by atoms with Crippen molar-refractivity contribution in [1.82, 2.24) is 5.01 Å². The van der Waals surface area contributed by atoms with Crippen LogP contribution in [0.3, 0.4) is 0 Å². The molecule has 1 aromatic rings. The Bertz CT molecular complexity index is 847. The second kappa shape index (κ2) is 6.69. The van der Waals surface area contributed by atoms with Crippen molar-refractivity contribution in [3.8, 4) is 0 Å². The van der Waals surface area contributed by atoms with Gasteiger partial charge in [0.2, 0.25) is 0 Å². The van der Waals surface area contributed by atoms with Gasteiger partial charge in [-0.05, 0) is 55.1 Å². The highest BCUT2D eigenvalue weighted by Crippen LogP contribution is 2.70. The lowest BCUT2D eigenvalue weighted by Crippen LogP contribution is -2.49. The Hall–Kier alpha value is -2.14. The Morgan fingerprint density at radius 1 is 1.28 bits per heavy atom. The Labute approximate surface area is 173 Å². The maximum Gasteiger partial charge on any atom is 0.271 e. The molecule has 4 rings (SSSR count). The molecule has 1 spiro atoms. The number of hydrogen-bond acceptors (Lipinski definition) is 3. The fourth-order valence-corrected chi connectivity index (χ4v) is 6.11. The van der Waals surface area contributed by atoms with Gasteiger partial charge in [-0.25, -0.2) is 10.0 Å². The molecule has 1 heterocycles. The maximum absolute atomic E-state index is 13.9. The molecule has 29 heavy (non-hydrogen) atoms. The normalized spacial score (nSPS) is 30.8. The monoisotopic (exact) mass is 396 g/mol. The third-order valence-electron chi connectivity index (χ3n) is 7.80. The van der Waals surface area contributed by atoms with Gasteiger partial charge in [0.25, 0.3) is 11.8 Å². The molecule has 5 nitrogen and oxygen atoms in total. The number of anilines is 1. The maximum atomic E-state index is 13.9. The van der Waals surface area contributed by atoms with Crippen LogP contribution in [0.1, 0.15) is 53.4 Å². The highest BCUT2D eigenvalue weighted by Gasteiger charge is 2.75. The van der Waals surface area contributed by atoms with Gasteiger partial charge in [-0.15, -0.1) is 0 Å².